The summed E-state index contributed by atoms with van der Waals surface area (Å²) in [5.74, 6) is 0.790. The molecule has 2 aromatic rings. The zero-order valence-corrected chi connectivity index (χ0v) is 13.6. The van der Waals surface area contributed by atoms with E-state index in [0.717, 1.165) is 33.2 Å². The predicted octanol–water partition coefficient (Wildman–Crippen LogP) is 2.59. The maximum Gasteiger partial charge on any atom is 0.323 e. The number of benzene rings is 1. The molecule has 7 heteroatoms. The zero-order chi connectivity index (χ0) is 15.6. The molecule has 2 heterocycles. The highest BCUT2D eigenvalue weighted by Gasteiger charge is 2.18. The summed E-state index contributed by atoms with van der Waals surface area (Å²) in [5, 5.41) is 13.2. The Bertz CT molecular complexity index is 828. The van der Waals surface area contributed by atoms with Crippen LogP contribution in [0, 0.1) is 0 Å². The van der Waals surface area contributed by atoms with Crippen LogP contribution >= 0.6 is 11.8 Å². The Morgan fingerprint density at radius 2 is 1.91 bits per heavy atom. The fraction of sp³-hybridized carbons (Fsp3) is 0.438. The van der Waals surface area contributed by atoms with Gasteiger partial charge in [-0.2, -0.15) is 5.10 Å². The van der Waals surface area contributed by atoms with Crippen LogP contribution in [0.5, 0.6) is 0 Å². The van der Waals surface area contributed by atoms with E-state index in [4.69, 9.17) is 0 Å². The highest BCUT2D eigenvalue weighted by Crippen LogP contribution is 2.21. The molecule has 23 heavy (non-hydrogen) atoms. The lowest BCUT2D eigenvalue weighted by Gasteiger charge is -2.24. The van der Waals surface area contributed by atoms with Crippen molar-refractivity contribution in [2.24, 2.45) is 10.2 Å². The Kier molecular flexibility index (Phi) is 3.95. The molecule has 0 saturated heterocycles. The Balaban J connectivity index is 1.51. The maximum atomic E-state index is 11.3. The van der Waals surface area contributed by atoms with Crippen LogP contribution in [-0.4, -0.2) is 32.6 Å². The lowest BCUT2D eigenvalue weighted by atomic mass is 9.96. The van der Waals surface area contributed by atoms with E-state index in [9.17, 15) is 4.79 Å². The van der Waals surface area contributed by atoms with Gasteiger partial charge in [-0.3, -0.25) is 0 Å². The van der Waals surface area contributed by atoms with E-state index in [-0.39, 0.29) is 5.69 Å². The molecule has 0 radical (unpaired) electrons. The van der Waals surface area contributed by atoms with Gasteiger partial charge in [0.1, 0.15) is 0 Å². The van der Waals surface area contributed by atoms with Crippen LogP contribution in [0.4, 0.5) is 0 Å². The standard InChI is InChI=1S/C16H19N5OS/c22-15-18-12-7-6-10(8-13(12)19-15)14-9-23-16(21-20-14)17-11-4-2-1-3-5-11/h6-8,11H,1-5,9H2,(H,17,21)(H2,18,19,22). The number of thioether (sulfide) groups is 1. The SMILES string of the molecule is O=c1[nH]c2ccc(C3=NN=C(NC4CCCCC4)SC3)cc2[nH]1. The lowest BCUT2D eigenvalue weighted by Crippen LogP contribution is -2.35. The van der Waals surface area contributed by atoms with Gasteiger partial charge in [-0.15, -0.1) is 5.10 Å². The molecule has 1 aromatic carbocycles. The van der Waals surface area contributed by atoms with Gasteiger partial charge in [0.15, 0.2) is 5.17 Å². The van der Waals surface area contributed by atoms with Crippen molar-refractivity contribution < 1.29 is 0 Å². The number of aromatic amines is 2. The first-order chi connectivity index (χ1) is 11.3. The summed E-state index contributed by atoms with van der Waals surface area (Å²) in [5.41, 5.74) is 3.37. The van der Waals surface area contributed by atoms with Gasteiger partial charge in [0.2, 0.25) is 0 Å². The second-order valence-electron chi connectivity index (χ2n) is 6.06. The first kappa shape index (κ1) is 14.6. The molecule has 0 unspecified atom stereocenters. The Hall–Kier alpha value is -2.02. The smallest absolute Gasteiger partial charge is 0.323 e. The molecule has 0 bridgehead atoms. The predicted molar refractivity (Wildman–Crippen MR) is 95.4 cm³/mol. The zero-order valence-electron chi connectivity index (χ0n) is 12.8. The van der Waals surface area contributed by atoms with E-state index in [1.165, 1.54) is 32.1 Å². The second kappa shape index (κ2) is 6.23. The molecule has 1 aliphatic heterocycles. The third-order valence-electron chi connectivity index (χ3n) is 4.39. The molecular weight excluding hydrogens is 310 g/mol. The van der Waals surface area contributed by atoms with E-state index >= 15 is 0 Å². The highest BCUT2D eigenvalue weighted by atomic mass is 32.2. The third-order valence-corrected chi connectivity index (χ3v) is 5.28. The lowest BCUT2D eigenvalue weighted by molar-refractivity contribution is 0.415. The molecule has 0 spiro atoms. The number of nitrogens with one attached hydrogen (secondary N) is 3. The number of fused-ring (bicyclic) bond motifs is 1. The van der Waals surface area contributed by atoms with Crippen LogP contribution in [0.15, 0.2) is 33.2 Å². The number of H-pyrrole nitrogens is 2. The average Bonchev–Trinajstić information content (AvgIpc) is 2.95. The van der Waals surface area contributed by atoms with Crippen LogP contribution in [0.3, 0.4) is 0 Å². The summed E-state index contributed by atoms with van der Waals surface area (Å²) in [7, 11) is 0. The van der Waals surface area contributed by atoms with E-state index in [1.54, 1.807) is 11.8 Å². The topological polar surface area (TPSA) is 85.4 Å². The molecule has 3 N–H and O–H groups in total. The molecule has 120 valence electrons. The van der Waals surface area contributed by atoms with Crippen LogP contribution in [0.1, 0.15) is 37.7 Å². The summed E-state index contributed by atoms with van der Waals surface area (Å²) >= 11 is 1.70. The average molecular weight is 329 g/mol. The van der Waals surface area contributed by atoms with Gasteiger partial charge in [0.05, 0.1) is 16.7 Å². The molecule has 6 nitrogen and oxygen atoms in total. The van der Waals surface area contributed by atoms with Crippen molar-refractivity contribution >= 4 is 33.7 Å². The summed E-state index contributed by atoms with van der Waals surface area (Å²) < 4.78 is 0. The minimum Gasteiger partial charge on any atom is -0.360 e. The number of hydrogen-bond acceptors (Lipinski definition) is 5. The number of hydrogen-bond donors (Lipinski definition) is 3. The molecule has 1 fully saturated rings. The minimum absolute atomic E-state index is 0.186. The van der Waals surface area contributed by atoms with E-state index in [2.05, 4.69) is 25.5 Å². The molecule has 0 atom stereocenters. The monoisotopic (exact) mass is 329 g/mol. The molecule has 1 saturated carbocycles. The fourth-order valence-electron chi connectivity index (χ4n) is 3.15. The summed E-state index contributed by atoms with van der Waals surface area (Å²) in [6.45, 7) is 0. The number of nitrogens with zero attached hydrogens (tertiary/aromatic N) is 2. The van der Waals surface area contributed by atoms with Crippen LogP contribution in [0.25, 0.3) is 11.0 Å². The van der Waals surface area contributed by atoms with Gasteiger partial charge >= 0.3 is 5.69 Å². The van der Waals surface area contributed by atoms with Crippen LogP contribution in [0.2, 0.25) is 0 Å². The van der Waals surface area contributed by atoms with Crippen LogP contribution in [-0.2, 0) is 0 Å². The molecular formula is C16H19N5OS. The van der Waals surface area contributed by atoms with Crippen molar-refractivity contribution in [2.75, 3.05) is 5.75 Å². The van der Waals surface area contributed by atoms with Crippen molar-refractivity contribution in [1.29, 1.82) is 0 Å². The van der Waals surface area contributed by atoms with Gasteiger partial charge < -0.3 is 15.3 Å². The molecule has 2 aliphatic rings. The van der Waals surface area contributed by atoms with Crippen molar-refractivity contribution in [3.63, 3.8) is 0 Å². The second-order valence-corrected chi connectivity index (χ2v) is 7.02. The van der Waals surface area contributed by atoms with Gasteiger partial charge in [-0.25, -0.2) is 4.79 Å². The quantitative estimate of drug-likeness (QED) is 0.791. The number of aromatic nitrogens is 2. The van der Waals surface area contributed by atoms with Gasteiger partial charge in [-0.05, 0) is 25.0 Å². The van der Waals surface area contributed by atoms with Gasteiger partial charge in [-0.1, -0.05) is 37.1 Å². The first-order valence-corrected chi connectivity index (χ1v) is 9.03. The maximum absolute atomic E-state index is 11.3. The minimum atomic E-state index is -0.186. The Morgan fingerprint density at radius 1 is 1.09 bits per heavy atom. The van der Waals surface area contributed by atoms with E-state index in [1.807, 2.05) is 18.2 Å². The van der Waals surface area contributed by atoms with Crippen molar-refractivity contribution in [1.82, 2.24) is 15.3 Å². The largest absolute Gasteiger partial charge is 0.360 e. The summed E-state index contributed by atoms with van der Waals surface area (Å²) in [4.78, 5) is 16.9. The molecule has 1 aliphatic carbocycles. The number of imidazole rings is 1. The van der Waals surface area contributed by atoms with Crippen molar-refractivity contribution in [3.05, 3.63) is 34.2 Å². The highest BCUT2D eigenvalue weighted by molar-refractivity contribution is 8.14. The molecule has 4 rings (SSSR count). The van der Waals surface area contributed by atoms with Gasteiger partial charge in [0, 0.05) is 17.4 Å². The van der Waals surface area contributed by atoms with E-state index in [0.29, 0.717) is 6.04 Å². The summed E-state index contributed by atoms with van der Waals surface area (Å²) in [6.07, 6.45) is 6.42. The molecule has 1 aromatic heterocycles. The Morgan fingerprint density at radius 3 is 2.70 bits per heavy atom. The van der Waals surface area contributed by atoms with E-state index < -0.39 is 0 Å². The van der Waals surface area contributed by atoms with Crippen molar-refractivity contribution in [3.8, 4) is 0 Å². The van der Waals surface area contributed by atoms with Crippen LogP contribution < -0.4 is 11.0 Å². The summed E-state index contributed by atoms with van der Waals surface area (Å²) in [6, 6.07) is 6.37. The number of amidine groups is 1. The normalized spacial score (nSPS) is 19.5. The fourth-order valence-corrected chi connectivity index (χ4v) is 3.99. The third kappa shape index (κ3) is 3.19. The van der Waals surface area contributed by atoms with Crippen molar-refractivity contribution in [2.45, 2.75) is 38.1 Å². The van der Waals surface area contributed by atoms with Gasteiger partial charge in [0.25, 0.3) is 0 Å². The Labute approximate surface area is 137 Å². The first-order valence-electron chi connectivity index (χ1n) is 8.04. The number of rotatable bonds is 2. The molecule has 0 amide bonds.